The lowest BCUT2D eigenvalue weighted by Crippen LogP contribution is -2.30. The maximum atomic E-state index is 12.0. The quantitative estimate of drug-likeness (QED) is 0.752. The van der Waals surface area contributed by atoms with Crippen molar-refractivity contribution in [2.24, 2.45) is 0 Å². The Balaban J connectivity index is 2.16. The van der Waals surface area contributed by atoms with Crippen LogP contribution in [0.25, 0.3) is 0 Å². The normalized spacial score (nSPS) is 10.3. The van der Waals surface area contributed by atoms with Gasteiger partial charge >= 0.3 is 5.97 Å². The molecule has 1 aromatic heterocycles. The summed E-state index contributed by atoms with van der Waals surface area (Å²) >= 11 is 8.77. The summed E-state index contributed by atoms with van der Waals surface area (Å²) in [5, 5.41) is 12.0. The highest BCUT2D eigenvalue weighted by Gasteiger charge is 2.16. The number of aromatic amines is 1. The first-order chi connectivity index (χ1) is 10.4. The number of carboxylic acids is 1. The minimum Gasteiger partial charge on any atom is -0.477 e. The van der Waals surface area contributed by atoms with Crippen LogP contribution >= 0.6 is 27.5 Å². The first kappa shape index (κ1) is 16.3. The fraction of sp³-hybridized carbons (Fsp3) is 0.0714. The smallest absolute Gasteiger partial charge is 0.353 e. The Labute approximate surface area is 138 Å². The van der Waals surface area contributed by atoms with Gasteiger partial charge in [-0.2, -0.15) is 0 Å². The Bertz CT molecular complexity index is 786. The van der Waals surface area contributed by atoms with Crippen molar-refractivity contribution in [2.75, 3.05) is 0 Å². The Morgan fingerprint density at radius 3 is 2.50 bits per heavy atom. The first-order valence-corrected chi connectivity index (χ1v) is 7.24. The number of amides is 1. The van der Waals surface area contributed by atoms with Crippen LogP contribution in [0.4, 0.5) is 0 Å². The van der Waals surface area contributed by atoms with Crippen LogP contribution < -0.4 is 10.9 Å². The van der Waals surface area contributed by atoms with Crippen molar-refractivity contribution in [3.05, 3.63) is 67.0 Å². The second-order valence-electron chi connectivity index (χ2n) is 4.35. The molecule has 0 spiro atoms. The zero-order chi connectivity index (χ0) is 16.3. The van der Waals surface area contributed by atoms with Crippen LogP contribution in [-0.2, 0) is 6.54 Å². The number of pyridine rings is 1. The van der Waals surface area contributed by atoms with Crippen LogP contribution in [0.15, 0.2) is 39.6 Å². The van der Waals surface area contributed by atoms with Gasteiger partial charge in [0.05, 0.1) is 0 Å². The molecule has 8 heteroatoms. The summed E-state index contributed by atoms with van der Waals surface area (Å²) in [7, 11) is 0. The van der Waals surface area contributed by atoms with E-state index in [4.69, 9.17) is 16.7 Å². The number of hydrogen-bond donors (Lipinski definition) is 3. The zero-order valence-corrected chi connectivity index (χ0v) is 13.4. The summed E-state index contributed by atoms with van der Waals surface area (Å²) in [6.07, 6.45) is 0. The van der Waals surface area contributed by atoms with Crippen LogP contribution in [0.3, 0.4) is 0 Å². The third kappa shape index (κ3) is 3.75. The molecule has 22 heavy (non-hydrogen) atoms. The van der Waals surface area contributed by atoms with E-state index in [1.165, 1.54) is 6.07 Å². The molecule has 0 atom stereocenters. The average Bonchev–Trinajstić information content (AvgIpc) is 2.48. The molecule has 0 unspecified atom stereocenters. The Morgan fingerprint density at radius 1 is 1.27 bits per heavy atom. The molecule has 0 bridgehead atoms. The molecule has 0 radical (unpaired) electrons. The van der Waals surface area contributed by atoms with Crippen LogP contribution in [0.5, 0.6) is 0 Å². The van der Waals surface area contributed by atoms with Crippen molar-refractivity contribution in [3.8, 4) is 0 Å². The van der Waals surface area contributed by atoms with Crippen molar-refractivity contribution < 1.29 is 14.7 Å². The van der Waals surface area contributed by atoms with E-state index in [1.54, 1.807) is 24.3 Å². The minimum absolute atomic E-state index is 0.122. The van der Waals surface area contributed by atoms with Crippen molar-refractivity contribution in [1.29, 1.82) is 0 Å². The van der Waals surface area contributed by atoms with Crippen molar-refractivity contribution in [1.82, 2.24) is 10.3 Å². The van der Waals surface area contributed by atoms with E-state index in [-0.39, 0.29) is 22.3 Å². The van der Waals surface area contributed by atoms with E-state index in [1.807, 2.05) is 0 Å². The van der Waals surface area contributed by atoms with E-state index in [0.717, 1.165) is 5.56 Å². The van der Waals surface area contributed by atoms with Gasteiger partial charge in [0, 0.05) is 16.0 Å². The molecule has 1 amide bonds. The van der Waals surface area contributed by atoms with Gasteiger partial charge in [-0.25, -0.2) is 4.79 Å². The van der Waals surface area contributed by atoms with Crippen LogP contribution in [0, 0.1) is 0 Å². The zero-order valence-electron chi connectivity index (χ0n) is 11.0. The third-order valence-corrected chi connectivity index (χ3v) is 3.70. The molecular formula is C14H10BrClN2O4. The van der Waals surface area contributed by atoms with Gasteiger partial charge in [-0.15, -0.1) is 0 Å². The van der Waals surface area contributed by atoms with Gasteiger partial charge in [0.25, 0.3) is 11.5 Å². The lowest BCUT2D eigenvalue weighted by Gasteiger charge is -2.06. The van der Waals surface area contributed by atoms with E-state index < -0.39 is 17.4 Å². The summed E-state index contributed by atoms with van der Waals surface area (Å²) in [5.41, 5.74) is -0.435. The maximum Gasteiger partial charge on any atom is 0.353 e. The molecule has 2 aromatic rings. The lowest BCUT2D eigenvalue weighted by molar-refractivity contribution is 0.0688. The van der Waals surface area contributed by atoms with Crippen molar-refractivity contribution >= 4 is 39.4 Å². The number of aromatic carboxylic acids is 1. The molecular weight excluding hydrogens is 376 g/mol. The topological polar surface area (TPSA) is 99.3 Å². The highest BCUT2D eigenvalue weighted by Crippen LogP contribution is 2.14. The number of carboxylic acid groups (broad SMARTS) is 1. The molecule has 0 saturated carbocycles. The number of benzene rings is 1. The molecule has 0 aliphatic rings. The number of rotatable bonds is 4. The van der Waals surface area contributed by atoms with E-state index >= 15 is 0 Å². The summed E-state index contributed by atoms with van der Waals surface area (Å²) in [6, 6.07) is 8.05. The molecule has 114 valence electrons. The number of carbonyl (C=O) groups excluding carboxylic acids is 1. The Hall–Kier alpha value is -2.12. The molecule has 0 aliphatic carbocycles. The third-order valence-electron chi connectivity index (χ3n) is 2.82. The number of H-pyrrole nitrogens is 1. The highest BCUT2D eigenvalue weighted by molar-refractivity contribution is 9.10. The molecule has 0 saturated heterocycles. The van der Waals surface area contributed by atoms with E-state index in [9.17, 15) is 14.4 Å². The minimum atomic E-state index is -1.29. The first-order valence-electron chi connectivity index (χ1n) is 6.07. The predicted octanol–water partition coefficient (Wildman–Crippen LogP) is 2.42. The molecule has 3 N–H and O–H groups in total. The van der Waals surface area contributed by atoms with Crippen LogP contribution in [0.1, 0.15) is 26.4 Å². The highest BCUT2D eigenvalue weighted by atomic mass is 79.9. The molecule has 1 aromatic carbocycles. The van der Waals surface area contributed by atoms with Gasteiger partial charge in [0.15, 0.2) is 0 Å². The van der Waals surface area contributed by atoms with Crippen molar-refractivity contribution in [2.45, 2.75) is 6.54 Å². The number of nitrogens with one attached hydrogen (secondary N) is 2. The number of hydrogen-bond acceptors (Lipinski definition) is 3. The monoisotopic (exact) mass is 384 g/mol. The van der Waals surface area contributed by atoms with Gasteiger partial charge in [0.1, 0.15) is 11.3 Å². The summed E-state index contributed by atoms with van der Waals surface area (Å²) in [5.74, 6) is -1.90. The predicted molar refractivity (Wildman–Crippen MR) is 84.3 cm³/mol. The van der Waals surface area contributed by atoms with E-state index in [2.05, 4.69) is 26.2 Å². The van der Waals surface area contributed by atoms with Crippen LogP contribution in [0.2, 0.25) is 5.02 Å². The van der Waals surface area contributed by atoms with Gasteiger partial charge < -0.3 is 15.4 Å². The van der Waals surface area contributed by atoms with Crippen LogP contribution in [-0.4, -0.2) is 22.0 Å². The Morgan fingerprint density at radius 2 is 1.91 bits per heavy atom. The average molecular weight is 386 g/mol. The summed E-state index contributed by atoms with van der Waals surface area (Å²) < 4.78 is 0.122. The standard InChI is InChI=1S/C14H10BrClN2O4/c15-10-5-9(13(20)18-11(10)14(21)22)12(19)17-6-7-1-3-8(16)4-2-7/h1-5H,6H2,(H,17,19)(H,18,20)(H,21,22). The number of aromatic nitrogens is 1. The lowest BCUT2D eigenvalue weighted by atomic mass is 10.2. The van der Waals surface area contributed by atoms with Gasteiger partial charge in [-0.3, -0.25) is 9.59 Å². The summed E-state index contributed by atoms with van der Waals surface area (Å²) in [6.45, 7) is 0.216. The molecule has 1 heterocycles. The summed E-state index contributed by atoms with van der Waals surface area (Å²) in [4.78, 5) is 36.8. The van der Waals surface area contributed by atoms with Gasteiger partial charge in [0.2, 0.25) is 0 Å². The van der Waals surface area contributed by atoms with Gasteiger partial charge in [-0.1, -0.05) is 23.7 Å². The second kappa shape index (κ2) is 6.76. The molecule has 0 aliphatic heterocycles. The van der Waals surface area contributed by atoms with Gasteiger partial charge in [-0.05, 0) is 39.7 Å². The fourth-order valence-electron chi connectivity index (χ4n) is 1.71. The van der Waals surface area contributed by atoms with E-state index in [0.29, 0.717) is 5.02 Å². The fourth-order valence-corrected chi connectivity index (χ4v) is 2.33. The largest absolute Gasteiger partial charge is 0.477 e. The maximum absolute atomic E-state index is 12.0. The molecule has 2 rings (SSSR count). The number of carbonyl (C=O) groups is 2. The molecule has 0 fully saturated rings. The second-order valence-corrected chi connectivity index (χ2v) is 5.64. The van der Waals surface area contributed by atoms with Crippen molar-refractivity contribution in [3.63, 3.8) is 0 Å². The number of halogens is 2. The Kier molecular flexibility index (Phi) is 4.99. The molecule has 6 nitrogen and oxygen atoms in total. The SMILES string of the molecule is O=C(O)c1[nH]c(=O)c(C(=O)NCc2ccc(Cl)cc2)cc1Br.